The van der Waals surface area contributed by atoms with Crippen molar-refractivity contribution in [2.24, 2.45) is 0 Å². The Morgan fingerprint density at radius 1 is 1.29 bits per heavy atom. The second kappa shape index (κ2) is 4.28. The number of rotatable bonds is 2. The number of carboxylic acids is 1. The molecular formula is C12H7NO3S. The van der Waals surface area contributed by atoms with Crippen LogP contribution in [0.2, 0.25) is 0 Å². The summed E-state index contributed by atoms with van der Waals surface area (Å²) in [5.74, 6) is -1.19. The first-order valence-electron chi connectivity index (χ1n) is 4.68. The highest BCUT2D eigenvalue weighted by Crippen LogP contribution is 2.34. The third kappa shape index (κ3) is 2.12. The molecule has 0 saturated heterocycles. The number of hydrogen-bond acceptors (Lipinski definition) is 4. The normalized spacial score (nSPS) is 9.82. The van der Waals surface area contributed by atoms with Crippen LogP contribution < -0.4 is 0 Å². The highest BCUT2D eigenvalue weighted by atomic mass is 32.1. The Kier molecular flexibility index (Phi) is 2.81. The molecule has 2 aromatic rings. The van der Waals surface area contributed by atoms with Gasteiger partial charge in [-0.15, -0.1) is 11.3 Å². The molecule has 2 rings (SSSR count). The lowest BCUT2D eigenvalue weighted by Crippen LogP contribution is -1.95. The summed E-state index contributed by atoms with van der Waals surface area (Å²) >= 11 is 1.25. The lowest BCUT2D eigenvalue weighted by molar-refractivity contribution is 0.0696. The smallest absolute Gasteiger partial charge is 0.335 e. The van der Waals surface area contributed by atoms with Gasteiger partial charge in [-0.2, -0.15) is 5.26 Å². The van der Waals surface area contributed by atoms with Crippen LogP contribution in [0.3, 0.4) is 0 Å². The topological polar surface area (TPSA) is 81.3 Å². The van der Waals surface area contributed by atoms with Gasteiger partial charge in [0.25, 0.3) is 0 Å². The zero-order valence-corrected chi connectivity index (χ0v) is 9.36. The fourth-order valence-corrected chi connectivity index (χ4v) is 2.25. The van der Waals surface area contributed by atoms with Crippen LogP contribution in [-0.2, 0) is 0 Å². The number of phenolic OH excluding ortho intramolecular Hbond substituents is 1. The monoisotopic (exact) mass is 245 g/mol. The minimum atomic E-state index is -1.09. The first kappa shape index (κ1) is 11.2. The van der Waals surface area contributed by atoms with Crippen molar-refractivity contribution in [1.29, 1.82) is 5.26 Å². The summed E-state index contributed by atoms with van der Waals surface area (Å²) in [6.07, 6.45) is 0. The number of carboxylic acid groups (broad SMARTS) is 1. The molecule has 0 aliphatic carbocycles. The summed E-state index contributed by atoms with van der Waals surface area (Å²) in [4.78, 5) is 12.0. The molecule has 4 nitrogen and oxygen atoms in total. The van der Waals surface area contributed by atoms with Gasteiger partial charge in [-0.3, -0.25) is 0 Å². The minimum Gasteiger partial charge on any atom is -0.507 e. The molecule has 17 heavy (non-hydrogen) atoms. The zero-order chi connectivity index (χ0) is 12.4. The summed E-state index contributed by atoms with van der Waals surface area (Å²) in [7, 11) is 0. The number of nitrogens with zero attached hydrogens (tertiary/aromatic N) is 1. The Labute approximate surface area is 101 Å². The molecule has 0 atom stereocenters. The molecule has 1 aromatic carbocycles. The Balaban J connectivity index is 2.47. The first-order valence-corrected chi connectivity index (χ1v) is 5.50. The van der Waals surface area contributed by atoms with Gasteiger partial charge >= 0.3 is 5.97 Å². The van der Waals surface area contributed by atoms with Crippen LogP contribution in [0.25, 0.3) is 10.4 Å². The number of carbonyl (C=O) groups is 1. The second-order valence-corrected chi connectivity index (χ2v) is 4.40. The van der Waals surface area contributed by atoms with E-state index in [1.165, 1.54) is 29.5 Å². The van der Waals surface area contributed by atoms with Crippen LogP contribution in [0.4, 0.5) is 0 Å². The van der Waals surface area contributed by atoms with Crippen molar-refractivity contribution < 1.29 is 15.0 Å². The standard InChI is InChI=1S/C12H7NO3S/c13-6-8-2-4-11(17-8)9-3-1-7(12(15)16)5-10(9)14/h1-5,14H,(H,15,16). The van der Waals surface area contributed by atoms with Crippen molar-refractivity contribution in [2.75, 3.05) is 0 Å². The van der Waals surface area contributed by atoms with Crippen LogP contribution in [0, 0.1) is 11.3 Å². The van der Waals surface area contributed by atoms with E-state index in [2.05, 4.69) is 0 Å². The summed E-state index contributed by atoms with van der Waals surface area (Å²) in [6, 6.07) is 9.54. The van der Waals surface area contributed by atoms with Gasteiger partial charge in [0.2, 0.25) is 0 Å². The predicted molar refractivity (Wildman–Crippen MR) is 63.1 cm³/mol. The van der Waals surface area contributed by atoms with Gasteiger partial charge < -0.3 is 10.2 Å². The molecule has 0 spiro atoms. The van der Waals surface area contributed by atoms with E-state index in [4.69, 9.17) is 10.4 Å². The molecule has 1 aromatic heterocycles. The molecule has 0 aliphatic rings. The number of nitriles is 1. The van der Waals surface area contributed by atoms with Crippen molar-refractivity contribution in [1.82, 2.24) is 0 Å². The average molecular weight is 245 g/mol. The van der Waals surface area contributed by atoms with Crippen LogP contribution in [0.1, 0.15) is 15.2 Å². The van der Waals surface area contributed by atoms with Gasteiger partial charge in [-0.05, 0) is 30.3 Å². The Hall–Kier alpha value is -2.32. The van der Waals surface area contributed by atoms with Crippen molar-refractivity contribution >= 4 is 17.3 Å². The Morgan fingerprint density at radius 3 is 2.59 bits per heavy atom. The molecule has 0 aliphatic heterocycles. The maximum atomic E-state index is 10.7. The molecule has 0 bridgehead atoms. The molecule has 0 radical (unpaired) electrons. The molecule has 0 unspecified atom stereocenters. The third-order valence-corrected chi connectivity index (χ3v) is 3.25. The largest absolute Gasteiger partial charge is 0.507 e. The molecule has 0 fully saturated rings. The van der Waals surface area contributed by atoms with Gasteiger partial charge in [-0.25, -0.2) is 4.79 Å². The van der Waals surface area contributed by atoms with E-state index in [0.717, 1.165) is 4.88 Å². The SMILES string of the molecule is N#Cc1ccc(-c2ccc(C(=O)O)cc2O)s1. The highest BCUT2D eigenvalue weighted by Gasteiger charge is 2.10. The Morgan fingerprint density at radius 2 is 2.06 bits per heavy atom. The van der Waals surface area contributed by atoms with Crippen molar-refractivity contribution in [3.05, 3.63) is 40.8 Å². The number of phenols is 1. The maximum absolute atomic E-state index is 10.7. The van der Waals surface area contributed by atoms with Crippen LogP contribution in [0.5, 0.6) is 5.75 Å². The molecule has 5 heteroatoms. The average Bonchev–Trinajstić information content (AvgIpc) is 2.77. The number of thiophene rings is 1. The molecule has 2 N–H and O–H groups in total. The van der Waals surface area contributed by atoms with Crippen LogP contribution in [-0.4, -0.2) is 16.2 Å². The van der Waals surface area contributed by atoms with E-state index in [1.807, 2.05) is 6.07 Å². The van der Waals surface area contributed by atoms with Gasteiger partial charge in [0.15, 0.2) is 0 Å². The number of aromatic hydroxyl groups is 1. The van der Waals surface area contributed by atoms with Crippen LogP contribution in [0.15, 0.2) is 30.3 Å². The Bertz CT molecular complexity index is 625. The van der Waals surface area contributed by atoms with E-state index in [1.54, 1.807) is 12.1 Å². The van der Waals surface area contributed by atoms with E-state index < -0.39 is 5.97 Å². The lowest BCUT2D eigenvalue weighted by Gasteiger charge is -2.02. The quantitative estimate of drug-likeness (QED) is 0.852. The van der Waals surface area contributed by atoms with Crippen molar-refractivity contribution in [3.8, 4) is 22.3 Å². The number of benzene rings is 1. The van der Waals surface area contributed by atoms with Gasteiger partial charge in [0.05, 0.1) is 5.56 Å². The van der Waals surface area contributed by atoms with Gasteiger partial charge in [0.1, 0.15) is 16.7 Å². The second-order valence-electron chi connectivity index (χ2n) is 3.31. The van der Waals surface area contributed by atoms with E-state index in [0.29, 0.717) is 10.4 Å². The van der Waals surface area contributed by atoms with Crippen molar-refractivity contribution in [2.45, 2.75) is 0 Å². The maximum Gasteiger partial charge on any atom is 0.335 e. The summed E-state index contributed by atoms with van der Waals surface area (Å²) in [6.45, 7) is 0. The molecular weight excluding hydrogens is 238 g/mol. The molecule has 1 heterocycles. The summed E-state index contributed by atoms with van der Waals surface area (Å²) in [5.41, 5.74) is 0.560. The lowest BCUT2D eigenvalue weighted by atomic mass is 10.1. The van der Waals surface area contributed by atoms with E-state index >= 15 is 0 Å². The predicted octanol–water partition coefficient (Wildman–Crippen LogP) is 2.69. The van der Waals surface area contributed by atoms with E-state index in [-0.39, 0.29) is 11.3 Å². The zero-order valence-electron chi connectivity index (χ0n) is 8.54. The van der Waals surface area contributed by atoms with Crippen LogP contribution >= 0.6 is 11.3 Å². The molecule has 84 valence electrons. The minimum absolute atomic E-state index is 0.0308. The molecule has 0 saturated carbocycles. The summed E-state index contributed by atoms with van der Waals surface area (Å²) in [5, 5.41) is 27.2. The highest BCUT2D eigenvalue weighted by molar-refractivity contribution is 7.16. The third-order valence-electron chi connectivity index (χ3n) is 2.23. The molecule has 0 amide bonds. The van der Waals surface area contributed by atoms with Gasteiger partial charge in [-0.1, -0.05) is 0 Å². The summed E-state index contributed by atoms with van der Waals surface area (Å²) < 4.78 is 0. The number of aromatic carboxylic acids is 1. The van der Waals surface area contributed by atoms with Gasteiger partial charge in [0, 0.05) is 10.4 Å². The van der Waals surface area contributed by atoms with E-state index in [9.17, 15) is 9.90 Å². The van der Waals surface area contributed by atoms with Crippen molar-refractivity contribution in [3.63, 3.8) is 0 Å². The fraction of sp³-hybridized carbons (Fsp3) is 0. The first-order chi connectivity index (χ1) is 8.11. The fourth-order valence-electron chi connectivity index (χ4n) is 1.42. The number of hydrogen-bond donors (Lipinski definition) is 2.